The van der Waals surface area contributed by atoms with E-state index in [2.05, 4.69) is 15.3 Å². The fourth-order valence-corrected chi connectivity index (χ4v) is 1.92. The van der Waals surface area contributed by atoms with Crippen LogP contribution in [-0.4, -0.2) is 24.2 Å². The molecule has 106 valence electrons. The van der Waals surface area contributed by atoms with Crippen LogP contribution in [0.3, 0.4) is 0 Å². The van der Waals surface area contributed by atoms with Crippen LogP contribution in [0.2, 0.25) is 0 Å². The zero-order valence-corrected chi connectivity index (χ0v) is 12.0. The van der Waals surface area contributed by atoms with Crippen molar-refractivity contribution in [1.82, 2.24) is 15.3 Å². The summed E-state index contributed by atoms with van der Waals surface area (Å²) in [5.41, 5.74) is 3.03. The SMILES string of the molecule is COc1cc(C)nc(CNCc2ccnc(OC)c2)c1. The predicted molar refractivity (Wildman–Crippen MR) is 76.9 cm³/mol. The van der Waals surface area contributed by atoms with Crippen molar-refractivity contribution < 1.29 is 9.47 Å². The molecule has 0 aliphatic carbocycles. The van der Waals surface area contributed by atoms with Crippen molar-refractivity contribution in [3.05, 3.63) is 47.4 Å². The molecule has 0 bridgehead atoms. The monoisotopic (exact) mass is 273 g/mol. The summed E-state index contributed by atoms with van der Waals surface area (Å²) < 4.78 is 10.3. The molecule has 0 radical (unpaired) electrons. The molecule has 5 nitrogen and oxygen atoms in total. The lowest BCUT2D eigenvalue weighted by atomic mass is 10.2. The molecular weight excluding hydrogens is 254 g/mol. The van der Waals surface area contributed by atoms with Crippen LogP contribution in [0.5, 0.6) is 11.6 Å². The van der Waals surface area contributed by atoms with Gasteiger partial charge in [-0.15, -0.1) is 0 Å². The Labute approximate surface area is 119 Å². The van der Waals surface area contributed by atoms with Gasteiger partial charge in [0.05, 0.1) is 19.9 Å². The summed E-state index contributed by atoms with van der Waals surface area (Å²) in [5, 5.41) is 3.35. The Kier molecular flexibility index (Phi) is 4.90. The zero-order valence-electron chi connectivity index (χ0n) is 12.0. The Bertz CT molecular complexity index is 573. The molecule has 2 aromatic heterocycles. The van der Waals surface area contributed by atoms with Gasteiger partial charge in [-0.3, -0.25) is 4.98 Å². The van der Waals surface area contributed by atoms with Gasteiger partial charge >= 0.3 is 0 Å². The second-order valence-electron chi connectivity index (χ2n) is 4.45. The molecule has 0 aliphatic heterocycles. The van der Waals surface area contributed by atoms with Gasteiger partial charge in [0.15, 0.2) is 0 Å². The largest absolute Gasteiger partial charge is 0.497 e. The lowest BCUT2D eigenvalue weighted by Crippen LogP contribution is -2.14. The fraction of sp³-hybridized carbons (Fsp3) is 0.333. The van der Waals surface area contributed by atoms with Gasteiger partial charge in [-0.05, 0) is 18.6 Å². The summed E-state index contributed by atoms with van der Waals surface area (Å²) in [6.07, 6.45) is 1.74. The highest BCUT2D eigenvalue weighted by Gasteiger charge is 2.01. The van der Waals surface area contributed by atoms with Crippen LogP contribution in [0.4, 0.5) is 0 Å². The fourth-order valence-electron chi connectivity index (χ4n) is 1.92. The molecule has 0 aromatic carbocycles. The minimum Gasteiger partial charge on any atom is -0.497 e. The quantitative estimate of drug-likeness (QED) is 0.873. The van der Waals surface area contributed by atoms with Gasteiger partial charge in [-0.25, -0.2) is 4.98 Å². The molecule has 1 N–H and O–H groups in total. The van der Waals surface area contributed by atoms with E-state index in [0.717, 1.165) is 29.2 Å². The summed E-state index contributed by atoms with van der Waals surface area (Å²) in [4.78, 5) is 8.55. The average Bonchev–Trinajstić information content (AvgIpc) is 2.47. The first-order valence-corrected chi connectivity index (χ1v) is 6.42. The topological polar surface area (TPSA) is 56.3 Å². The van der Waals surface area contributed by atoms with Crippen LogP contribution < -0.4 is 14.8 Å². The number of nitrogens with zero attached hydrogens (tertiary/aromatic N) is 2. The van der Waals surface area contributed by atoms with Crippen molar-refractivity contribution in [2.24, 2.45) is 0 Å². The molecule has 5 heteroatoms. The average molecular weight is 273 g/mol. The van der Waals surface area contributed by atoms with Crippen molar-refractivity contribution >= 4 is 0 Å². The van der Waals surface area contributed by atoms with Crippen LogP contribution in [0.1, 0.15) is 17.0 Å². The van der Waals surface area contributed by atoms with Gasteiger partial charge in [0.2, 0.25) is 5.88 Å². The standard InChI is InChI=1S/C15H19N3O2/c1-11-6-14(19-2)8-13(18-11)10-16-9-12-4-5-17-15(7-12)20-3/h4-8,16H,9-10H2,1-3H3. The molecule has 2 rings (SSSR count). The molecule has 2 aromatic rings. The van der Waals surface area contributed by atoms with E-state index < -0.39 is 0 Å². The Balaban J connectivity index is 1.93. The first-order valence-electron chi connectivity index (χ1n) is 6.42. The van der Waals surface area contributed by atoms with Crippen LogP contribution in [0, 0.1) is 6.92 Å². The summed E-state index contributed by atoms with van der Waals surface area (Å²) in [5.74, 6) is 1.46. The van der Waals surface area contributed by atoms with Gasteiger partial charge < -0.3 is 14.8 Å². The molecular formula is C15H19N3O2. The van der Waals surface area contributed by atoms with Crippen molar-refractivity contribution in [2.45, 2.75) is 20.0 Å². The maximum absolute atomic E-state index is 5.24. The molecule has 0 aliphatic rings. The van der Waals surface area contributed by atoms with E-state index in [1.54, 1.807) is 20.4 Å². The summed E-state index contributed by atoms with van der Waals surface area (Å²) >= 11 is 0. The van der Waals surface area contributed by atoms with E-state index in [1.807, 2.05) is 31.2 Å². The van der Waals surface area contributed by atoms with E-state index in [1.165, 1.54) is 0 Å². The Morgan fingerprint density at radius 3 is 2.70 bits per heavy atom. The van der Waals surface area contributed by atoms with Gasteiger partial charge in [0.1, 0.15) is 5.75 Å². The maximum atomic E-state index is 5.24. The lowest BCUT2D eigenvalue weighted by Gasteiger charge is -2.08. The third-order valence-corrected chi connectivity index (χ3v) is 2.86. The number of hydrogen-bond acceptors (Lipinski definition) is 5. The van der Waals surface area contributed by atoms with Crippen molar-refractivity contribution in [3.8, 4) is 11.6 Å². The van der Waals surface area contributed by atoms with E-state index in [-0.39, 0.29) is 0 Å². The molecule has 0 fully saturated rings. The third kappa shape index (κ3) is 3.93. The number of nitrogens with one attached hydrogen (secondary N) is 1. The predicted octanol–water partition coefficient (Wildman–Crippen LogP) is 2.09. The van der Waals surface area contributed by atoms with Crippen molar-refractivity contribution in [3.63, 3.8) is 0 Å². The van der Waals surface area contributed by atoms with E-state index in [0.29, 0.717) is 12.4 Å². The zero-order chi connectivity index (χ0) is 14.4. The highest BCUT2D eigenvalue weighted by atomic mass is 16.5. The number of hydrogen-bond donors (Lipinski definition) is 1. The molecule has 0 saturated heterocycles. The normalized spacial score (nSPS) is 10.3. The smallest absolute Gasteiger partial charge is 0.213 e. The Morgan fingerprint density at radius 1 is 1.10 bits per heavy atom. The lowest BCUT2D eigenvalue weighted by molar-refractivity contribution is 0.397. The second kappa shape index (κ2) is 6.86. The number of aromatic nitrogens is 2. The van der Waals surface area contributed by atoms with Crippen LogP contribution in [0.15, 0.2) is 30.5 Å². The molecule has 0 atom stereocenters. The van der Waals surface area contributed by atoms with Gasteiger partial charge in [-0.2, -0.15) is 0 Å². The Morgan fingerprint density at radius 2 is 1.95 bits per heavy atom. The summed E-state index contributed by atoms with van der Waals surface area (Å²) in [7, 11) is 3.28. The third-order valence-electron chi connectivity index (χ3n) is 2.86. The molecule has 0 saturated carbocycles. The van der Waals surface area contributed by atoms with Crippen LogP contribution >= 0.6 is 0 Å². The highest BCUT2D eigenvalue weighted by molar-refractivity contribution is 5.26. The minimum absolute atomic E-state index is 0.625. The molecule has 0 unspecified atom stereocenters. The van der Waals surface area contributed by atoms with Gasteiger partial charge in [-0.1, -0.05) is 0 Å². The number of ether oxygens (including phenoxy) is 2. The van der Waals surface area contributed by atoms with Crippen molar-refractivity contribution in [2.75, 3.05) is 14.2 Å². The number of pyridine rings is 2. The highest BCUT2D eigenvalue weighted by Crippen LogP contribution is 2.13. The first-order chi connectivity index (χ1) is 9.71. The van der Waals surface area contributed by atoms with E-state index in [4.69, 9.17) is 9.47 Å². The van der Waals surface area contributed by atoms with Crippen LogP contribution in [-0.2, 0) is 13.1 Å². The molecule has 2 heterocycles. The minimum atomic E-state index is 0.625. The van der Waals surface area contributed by atoms with Crippen LogP contribution in [0.25, 0.3) is 0 Å². The van der Waals surface area contributed by atoms with E-state index >= 15 is 0 Å². The maximum Gasteiger partial charge on any atom is 0.213 e. The van der Waals surface area contributed by atoms with Gasteiger partial charge in [0.25, 0.3) is 0 Å². The first kappa shape index (κ1) is 14.3. The number of aryl methyl sites for hydroxylation is 1. The number of rotatable bonds is 6. The summed E-state index contributed by atoms with van der Waals surface area (Å²) in [6.45, 7) is 3.37. The summed E-state index contributed by atoms with van der Waals surface area (Å²) in [6, 6.07) is 7.72. The molecule has 0 amide bonds. The van der Waals surface area contributed by atoms with Gasteiger partial charge in [0, 0.05) is 43.2 Å². The molecule has 0 spiro atoms. The Hall–Kier alpha value is -2.14. The van der Waals surface area contributed by atoms with E-state index in [9.17, 15) is 0 Å². The second-order valence-corrected chi connectivity index (χ2v) is 4.45. The molecule has 20 heavy (non-hydrogen) atoms. The number of methoxy groups -OCH3 is 2. The van der Waals surface area contributed by atoms with Crippen molar-refractivity contribution in [1.29, 1.82) is 0 Å².